The molecule has 0 aliphatic rings. The summed E-state index contributed by atoms with van der Waals surface area (Å²) < 4.78 is 0. The van der Waals surface area contributed by atoms with Crippen LogP contribution < -0.4 is 11.1 Å². The van der Waals surface area contributed by atoms with E-state index < -0.39 is 5.97 Å². The summed E-state index contributed by atoms with van der Waals surface area (Å²) in [6.45, 7) is 5.30. The van der Waals surface area contributed by atoms with E-state index in [1.165, 1.54) is 39.0 Å². The number of aliphatic carboxylic acids is 1. The first-order valence-corrected chi connectivity index (χ1v) is 8.70. The van der Waals surface area contributed by atoms with Crippen molar-refractivity contribution in [3.05, 3.63) is 0 Å². The standard InChI is InChI=1S/C13H25NO3.C4H11N/c1-12(15)14-11-9-7-5-3-2-4-6-8-10-13(16)17;1-2-3-4-5/h2-11H2,1H3,(H,14,15)(H,16,17);2-5H2,1H3. The highest BCUT2D eigenvalue weighted by Crippen LogP contribution is 2.09. The van der Waals surface area contributed by atoms with E-state index in [0.29, 0.717) is 6.42 Å². The molecule has 0 atom stereocenters. The molecule has 132 valence electrons. The van der Waals surface area contributed by atoms with Crippen molar-refractivity contribution in [3.63, 3.8) is 0 Å². The van der Waals surface area contributed by atoms with Gasteiger partial charge in [-0.05, 0) is 25.8 Å². The van der Waals surface area contributed by atoms with E-state index in [2.05, 4.69) is 12.2 Å². The Kier molecular flexibility index (Phi) is 21.0. The second-order valence-electron chi connectivity index (χ2n) is 5.60. The van der Waals surface area contributed by atoms with Crippen molar-refractivity contribution < 1.29 is 14.7 Å². The third-order valence-electron chi connectivity index (χ3n) is 3.25. The van der Waals surface area contributed by atoms with Crippen LogP contribution in [0.3, 0.4) is 0 Å². The van der Waals surface area contributed by atoms with Gasteiger partial charge in [0.25, 0.3) is 0 Å². The number of unbranched alkanes of at least 4 members (excludes halogenated alkanes) is 8. The van der Waals surface area contributed by atoms with Crippen molar-refractivity contribution in [2.24, 2.45) is 5.73 Å². The second-order valence-corrected chi connectivity index (χ2v) is 5.60. The summed E-state index contributed by atoms with van der Waals surface area (Å²) >= 11 is 0. The van der Waals surface area contributed by atoms with Crippen LogP contribution in [0.15, 0.2) is 0 Å². The van der Waals surface area contributed by atoms with Gasteiger partial charge in [-0.25, -0.2) is 0 Å². The van der Waals surface area contributed by atoms with Crippen LogP contribution in [0.25, 0.3) is 0 Å². The fourth-order valence-electron chi connectivity index (χ4n) is 1.93. The lowest BCUT2D eigenvalue weighted by Crippen LogP contribution is -2.20. The Morgan fingerprint density at radius 3 is 1.77 bits per heavy atom. The van der Waals surface area contributed by atoms with E-state index in [1.807, 2.05) is 0 Å². The number of nitrogens with one attached hydrogen (secondary N) is 1. The van der Waals surface area contributed by atoms with E-state index in [9.17, 15) is 9.59 Å². The zero-order valence-electron chi connectivity index (χ0n) is 14.5. The van der Waals surface area contributed by atoms with Gasteiger partial charge in [-0.2, -0.15) is 0 Å². The molecule has 0 spiro atoms. The van der Waals surface area contributed by atoms with Crippen LogP contribution in [-0.2, 0) is 9.59 Å². The van der Waals surface area contributed by atoms with E-state index >= 15 is 0 Å². The first-order chi connectivity index (χ1) is 10.5. The number of carbonyl (C=O) groups excluding carboxylic acids is 1. The predicted molar refractivity (Wildman–Crippen MR) is 91.8 cm³/mol. The lowest BCUT2D eigenvalue weighted by atomic mass is 10.1. The minimum Gasteiger partial charge on any atom is -0.481 e. The van der Waals surface area contributed by atoms with E-state index in [0.717, 1.165) is 45.2 Å². The monoisotopic (exact) mass is 316 g/mol. The highest BCUT2D eigenvalue weighted by molar-refractivity contribution is 5.72. The third-order valence-corrected chi connectivity index (χ3v) is 3.25. The SMILES string of the molecule is CC(=O)NCCCCCCCCCCC(=O)O.CCCCN. The highest BCUT2D eigenvalue weighted by atomic mass is 16.4. The number of carbonyl (C=O) groups is 2. The van der Waals surface area contributed by atoms with Crippen molar-refractivity contribution in [2.45, 2.75) is 84.5 Å². The fourth-order valence-corrected chi connectivity index (χ4v) is 1.93. The molecular weight excluding hydrogens is 280 g/mol. The molecule has 5 heteroatoms. The number of hydrogen-bond donors (Lipinski definition) is 3. The van der Waals surface area contributed by atoms with Crippen LogP contribution >= 0.6 is 0 Å². The first-order valence-electron chi connectivity index (χ1n) is 8.70. The molecule has 1 amide bonds. The Morgan fingerprint density at radius 1 is 0.909 bits per heavy atom. The molecule has 22 heavy (non-hydrogen) atoms. The molecule has 0 saturated carbocycles. The molecule has 0 radical (unpaired) electrons. The van der Waals surface area contributed by atoms with Crippen molar-refractivity contribution in [1.29, 1.82) is 0 Å². The zero-order valence-corrected chi connectivity index (χ0v) is 14.5. The third kappa shape index (κ3) is 27.3. The first kappa shape index (κ1) is 23.2. The van der Waals surface area contributed by atoms with Gasteiger partial charge in [-0.3, -0.25) is 9.59 Å². The minimum atomic E-state index is -0.692. The summed E-state index contributed by atoms with van der Waals surface area (Å²) in [5.74, 6) is -0.647. The lowest BCUT2D eigenvalue weighted by Gasteiger charge is -2.02. The summed E-state index contributed by atoms with van der Waals surface area (Å²) in [6.07, 6.45) is 11.5. The smallest absolute Gasteiger partial charge is 0.303 e. The quantitative estimate of drug-likeness (QED) is 0.454. The van der Waals surface area contributed by atoms with Gasteiger partial charge in [0.1, 0.15) is 0 Å². The Hall–Kier alpha value is -1.10. The van der Waals surface area contributed by atoms with Crippen LogP contribution in [0.4, 0.5) is 0 Å². The van der Waals surface area contributed by atoms with Crippen LogP contribution in [0, 0.1) is 0 Å². The molecule has 0 bridgehead atoms. The zero-order chi connectivity index (χ0) is 17.1. The maximum absolute atomic E-state index is 10.6. The van der Waals surface area contributed by atoms with Crippen molar-refractivity contribution in [1.82, 2.24) is 5.32 Å². The van der Waals surface area contributed by atoms with E-state index in [-0.39, 0.29) is 5.91 Å². The number of rotatable bonds is 13. The Labute approximate surface area is 136 Å². The van der Waals surface area contributed by atoms with Crippen molar-refractivity contribution in [2.75, 3.05) is 13.1 Å². The van der Waals surface area contributed by atoms with Gasteiger partial charge >= 0.3 is 5.97 Å². The molecule has 0 unspecified atom stereocenters. The van der Waals surface area contributed by atoms with Gasteiger partial charge in [0.2, 0.25) is 5.91 Å². The minimum absolute atomic E-state index is 0.0448. The number of nitrogens with two attached hydrogens (primary N) is 1. The van der Waals surface area contributed by atoms with E-state index in [4.69, 9.17) is 10.8 Å². The summed E-state index contributed by atoms with van der Waals surface area (Å²) in [4.78, 5) is 20.8. The van der Waals surface area contributed by atoms with Crippen LogP contribution in [-0.4, -0.2) is 30.1 Å². The average molecular weight is 316 g/mol. The second kappa shape index (κ2) is 19.9. The number of hydrogen-bond acceptors (Lipinski definition) is 3. The summed E-state index contributed by atoms with van der Waals surface area (Å²) in [5.41, 5.74) is 5.14. The van der Waals surface area contributed by atoms with Crippen molar-refractivity contribution >= 4 is 11.9 Å². The van der Waals surface area contributed by atoms with Gasteiger partial charge in [-0.1, -0.05) is 51.9 Å². The fraction of sp³-hybridized carbons (Fsp3) is 0.882. The number of carboxylic acid groups (broad SMARTS) is 1. The van der Waals surface area contributed by atoms with E-state index in [1.54, 1.807) is 0 Å². The number of amides is 1. The van der Waals surface area contributed by atoms with Crippen LogP contribution in [0.2, 0.25) is 0 Å². The largest absolute Gasteiger partial charge is 0.481 e. The molecule has 0 aromatic carbocycles. The average Bonchev–Trinajstić information content (AvgIpc) is 2.45. The molecule has 0 aromatic rings. The maximum atomic E-state index is 10.6. The maximum Gasteiger partial charge on any atom is 0.303 e. The van der Waals surface area contributed by atoms with Gasteiger partial charge in [0.15, 0.2) is 0 Å². The Bertz CT molecular complexity index is 234. The van der Waals surface area contributed by atoms with Gasteiger partial charge in [0, 0.05) is 19.9 Å². The van der Waals surface area contributed by atoms with Gasteiger partial charge in [0.05, 0.1) is 0 Å². The van der Waals surface area contributed by atoms with Crippen LogP contribution in [0.5, 0.6) is 0 Å². The molecule has 0 rings (SSSR count). The summed E-state index contributed by atoms with van der Waals surface area (Å²) in [7, 11) is 0. The molecular formula is C17H36N2O3. The summed E-state index contributed by atoms with van der Waals surface area (Å²) in [6, 6.07) is 0. The molecule has 0 heterocycles. The molecule has 0 aromatic heterocycles. The molecule has 0 aliphatic heterocycles. The number of carboxylic acids is 1. The Morgan fingerprint density at radius 2 is 1.41 bits per heavy atom. The molecule has 4 N–H and O–H groups in total. The molecule has 0 saturated heterocycles. The molecule has 0 aliphatic carbocycles. The predicted octanol–water partition coefficient (Wildman–Crippen LogP) is 3.46. The summed E-state index contributed by atoms with van der Waals surface area (Å²) in [5, 5.41) is 11.2. The van der Waals surface area contributed by atoms with Gasteiger partial charge < -0.3 is 16.2 Å². The Balaban J connectivity index is 0. The normalized spacial score (nSPS) is 9.77. The lowest BCUT2D eigenvalue weighted by molar-refractivity contribution is -0.137. The van der Waals surface area contributed by atoms with Crippen molar-refractivity contribution in [3.8, 4) is 0 Å². The topological polar surface area (TPSA) is 92.4 Å². The van der Waals surface area contributed by atoms with Crippen LogP contribution in [0.1, 0.15) is 84.5 Å². The molecule has 5 nitrogen and oxygen atoms in total. The molecule has 0 fully saturated rings. The highest BCUT2D eigenvalue weighted by Gasteiger charge is 1.96. The van der Waals surface area contributed by atoms with Gasteiger partial charge in [-0.15, -0.1) is 0 Å².